The van der Waals surface area contributed by atoms with Gasteiger partial charge in [0.1, 0.15) is 5.75 Å². The van der Waals surface area contributed by atoms with E-state index in [0.717, 1.165) is 22.6 Å². The fourth-order valence-electron chi connectivity index (χ4n) is 1.89. The van der Waals surface area contributed by atoms with Gasteiger partial charge in [0, 0.05) is 24.6 Å². The Morgan fingerprint density at radius 2 is 2.00 bits per heavy atom. The van der Waals surface area contributed by atoms with Gasteiger partial charge in [0.2, 0.25) is 5.91 Å². The van der Waals surface area contributed by atoms with Crippen molar-refractivity contribution in [1.29, 1.82) is 0 Å². The van der Waals surface area contributed by atoms with Crippen LogP contribution in [0.3, 0.4) is 0 Å². The zero-order valence-corrected chi connectivity index (χ0v) is 12.2. The first-order chi connectivity index (χ1) is 10.2. The third kappa shape index (κ3) is 4.57. The number of carbonyl (C=O) groups is 1. The summed E-state index contributed by atoms with van der Waals surface area (Å²) in [6.45, 7) is 2.90. The number of pyridine rings is 1. The lowest BCUT2D eigenvalue weighted by molar-refractivity contribution is -0.115. The van der Waals surface area contributed by atoms with Gasteiger partial charge in [0.25, 0.3) is 0 Å². The lowest BCUT2D eigenvalue weighted by Crippen LogP contribution is -2.27. The average molecular weight is 285 g/mol. The monoisotopic (exact) mass is 285 g/mol. The molecule has 5 heteroatoms. The molecule has 0 spiro atoms. The zero-order valence-electron chi connectivity index (χ0n) is 12.2. The molecule has 0 unspecified atom stereocenters. The van der Waals surface area contributed by atoms with Gasteiger partial charge >= 0.3 is 0 Å². The van der Waals surface area contributed by atoms with E-state index in [1.807, 2.05) is 43.5 Å². The fourth-order valence-corrected chi connectivity index (χ4v) is 1.89. The topological polar surface area (TPSA) is 63.2 Å². The van der Waals surface area contributed by atoms with Crippen molar-refractivity contribution in [3.63, 3.8) is 0 Å². The molecule has 0 aliphatic carbocycles. The largest absolute Gasteiger partial charge is 0.497 e. The number of methoxy groups -OCH3 is 1. The number of rotatable bonds is 6. The molecule has 2 N–H and O–H groups in total. The van der Waals surface area contributed by atoms with Crippen LogP contribution in [0.5, 0.6) is 5.75 Å². The Balaban J connectivity index is 1.78. The van der Waals surface area contributed by atoms with Crippen molar-refractivity contribution >= 4 is 11.6 Å². The van der Waals surface area contributed by atoms with Crippen molar-refractivity contribution in [3.8, 4) is 5.75 Å². The molecule has 0 fully saturated rings. The minimum Gasteiger partial charge on any atom is -0.497 e. The maximum absolute atomic E-state index is 11.8. The van der Waals surface area contributed by atoms with Gasteiger partial charge in [-0.15, -0.1) is 0 Å². The molecule has 110 valence electrons. The summed E-state index contributed by atoms with van der Waals surface area (Å²) in [5.41, 5.74) is 3.01. The molecular weight excluding hydrogens is 266 g/mol. The quantitative estimate of drug-likeness (QED) is 0.853. The van der Waals surface area contributed by atoms with Crippen LogP contribution in [0.4, 0.5) is 5.69 Å². The third-order valence-corrected chi connectivity index (χ3v) is 3.11. The fraction of sp³-hybridized carbons (Fsp3) is 0.250. The molecule has 1 heterocycles. The van der Waals surface area contributed by atoms with Crippen molar-refractivity contribution < 1.29 is 9.53 Å². The maximum atomic E-state index is 11.8. The summed E-state index contributed by atoms with van der Waals surface area (Å²) in [6.07, 6.45) is 3.57. The molecule has 1 aromatic carbocycles. The van der Waals surface area contributed by atoms with Crippen LogP contribution in [0.2, 0.25) is 0 Å². The number of aryl methyl sites for hydroxylation is 1. The highest BCUT2D eigenvalue weighted by Gasteiger charge is 2.03. The van der Waals surface area contributed by atoms with Gasteiger partial charge in [-0.3, -0.25) is 9.78 Å². The summed E-state index contributed by atoms with van der Waals surface area (Å²) >= 11 is 0. The molecule has 1 amide bonds. The van der Waals surface area contributed by atoms with Crippen molar-refractivity contribution in [2.45, 2.75) is 13.5 Å². The van der Waals surface area contributed by atoms with Crippen molar-refractivity contribution in [2.24, 2.45) is 0 Å². The average Bonchev–Trinajstić information content (AvgIpc) is 2.50. The van der Waals surface area contributed by atoms with Gasteiger partial charge in [0.05, 0.1) is 13.7 Å². The van der Waals surface area contributed by atoms with Gasteiger partial charge in [0.15, 0.2) is 0 Å². The number of amides is 1. The van der Waals surface area contributed by atoms with Crippen LogP contribution >= 0.6 is 0 Å². The summed E-state index contributed by atoms with van der Waals surface area (Å²) in [6, 6.07) is 9.18. The number of aromatic nitrogens is 1. The second-order valence-corrected chi connectivity index (χ2v) is 4.68. The Bertz CT molecular complexity index is 597. The van der Waals surface area contributed by atoms with Gasteiger partial charge in [-0.25, -0.2) is 0 Å². The second-order valence-electron chi connectivity index (χ2n) is 4.68. The van der Waals surface area contributed by atoms with E-state index in [1.165, 1.54) is 0 Å². The molecule has 0 saturated heterocycles. The van der Waals surface area contributed by atoms with Crippen LogP contribution < -0.4 is 15.4 Å². The number of hydrogen-bond donors (Lipinski definition) is 2. The molecule has 2 rings (SSSR count). The van der Waals surface area contributed by atoms with Crippen LogP contribution in [-0.4, -0.2) is 24.5 Å². The van der Waals surface area contributed by atoms with Crippen LogP contribution in [0, 0.1) is 6.92 Å². The predicted octanol–water partition coefficient (Wildman–Crippen LogP) is 2.13. The Labute approximate surface area is 124 Å². The molecule has 0 bridgehead atoms. The van der Waals surface area contributed by atoms with Gasteiger partial charge in [-0.1, -0.05) is 0 Å². The van der Waals surface area contributed by atoms with Crippen LogP contribution in [0.25, 0.3) is 0 Å². The molecule has 0 aliphatic heterocycles. The highest BCUT2D eigenvalue weighted by atomic mass is 16.5. The number of nitrogens with zero attached hydrogens (tertiary/aromatic N) is 1. The van der Waals surface area contributed by atoms with E-state index >= 15 is 0 Å². The van der Waals surface area contributed by atoms with E-state index in [1.54, 1.807) is 13.3 Å². The molecule has 0 aliphatic rings. The lowest BCUT2D eigenvalue weighted by Gasteiger charge is -2.08. The summed E-state index contributed by atoms with van der Waals surface area (Å²) in [4.78, 5) is 15.9. The predicted molar refractivity (Wildman–Crippen MR) is 82.3 cm³/mol. The second kappa shape index (κ2) is 7.40. The summed E-state index contributed by atoms with van der Waals surface area (Å²) in [5, 5.41) is 5.95. The lowest BCUT2D eigenvalue weighted by atomic mass is 10.1. The molecule has 5 nitrogen and oxygen atoms in total. The highest BCUT2D eigenvalue weighted by molar-refractivity contribution is 5.92. The van der Waals surface area contributed by atoms with Crippen LogP contribution in [-0.2, 0) is 11.3 Å². The Morgan fingerprint density at radius 1 is 1.24 bits per heavy atom. The van der Waals surface area contributed by atoms with E-state index in [0.29, 0.717) is 6.54 Å². The molecule has 2 aromatic rings. The van der Waals surface area contributed by atoms with E-state index in [-0.39, 0.29) is 12.5 Å². The van der Waals surface area contributed by atoms with Crippen molar-refractivity contribution in [2.75, 3.05) is 19.0 Å². The summed E-state index contributed by atoms with van der Waals surface area (Å²) in [7, 11) is 1.61. The minimum absolute atomic E-state index is 0.0770. The standard InChI is InChI=1S/C16H19N3O2/c1-12-9-17-8-7-13(12)10-18-11-16(20)19-14-3-5-15(21-2)6-4-14/h3-9,18H,10-11H2,1-2H3,(H,19,20). The Kier molecular flexibility index (Phi) is 5.29. The number of ether oxygens (including phenoxy) is 1. The highest BCUT2D eigenvalue weighted by Crippen LogP contribution is 2.14. The Hall–Kier alpha value is -2.40. The third-order valence-electron chi connectivity index (χ3n) is 3.11. The number of hydrogen-bond acceptors (Lipinski definition) is 4. The normalized spacial score (nSPS) is 10.2. The number of carbonyl (C=O) groups excluding carboxylic acids is 1. The Morgan fingerprint density at radius 3 is 2.67 bits per heavy atom. The number of nitrogens with one attached hydrogen (secondary N) is 2. The molecule has 0 saturated carbocycles. The van der Waals surface area contributed by atoms with E-state index in [4.69, 9.17) is 4.74 Å². The van der Waals surface area contributed by atoms with E-state index in [2.05, 4.69) is 15.6 Å². The summed E-state index contributed by atoms with van der Waals surface area (Å²) < 4.78 is 5.07. The molecule has 0 atom stereocenters. The smallest absolute Gasteiger partial charge is 0.238 e. The number of benzene rings is 1. The SMILES string of the molecule is COc1ccc(NC(=O)CNCc2ccncc2C)cc1. The molecule has 1 aromatic heterocycles. The first-order valence-corrected chi connectivity index (χ1v) is 6.73. The maximum Gasteiger partial charge on any atom is 0.238 e. The van der Waals surface area contributed by atoms with Gasteiger partial charge < -0.3 is 15.4 Å². The van der Waals surface area contributed by atoms with Gasteiger partial charge in [-0.05, 0) is 48.4 Å². The summed E-state index contributed by atoms with van der Waals surface area (Å²) in [5.74, 6) is 0.686. The van der Waals surface area contributed by atoms with Crippen LogP contribution in [0.1, 0.15) is 11.1 Å². The van der Waals surface area contributed by atoms with Crippen LogP contribution in [0.15, 0.2) is 42.7 Å². The zero-order chi connectivity index (χ0) is 15.1. The first-order valence-electron chi connectivity index (χ1n) is 6.73. The van der Waals surface area contributed by atoms with Crippen molar-refractivity contribution in [3.05, 3.63) is 53.9 Å². The van der Waals surface area contributed by atoms with E-state index < -0.39 is 0 Å². The molecule has 21 heavy (non-hydrogen) atoms. The van der Waals surface area contributed by atoms with E-state index in [9.17, 15) is 4.79 Å². The molecule has 0 radical (unpaired) electrons. The minimum atomic E-state index is -0.0770. The first kappa shape index (κ1) is 15.0. The molecular formula is C16H19N3O2. The van der Waals surface area contributed by atoms with Crippen molar-refractivity contribution in [1.82, 2.24) is 10.3 Å². The number of anilines is 1. The van der Waals surface area contributed by atoms with Gasteiger partial charge in [-0.2, -0.15) is 0 Å².